The first-order chi connectivity index (χ1) is 16.5. The van der Waals surface area contributed by atoms with Crippen LogP contribution in [0, 0.1) is 12.8 Å². The third-order valence-corrected chi connectivity index (χ3v) is 8.27. The molecule has 2 saturated heterocycles. The number of carbonyl (C=O) groups excluding carboxylic acids is 1. The molecule has 3 fully saturated rings. The van der Waals surface area contributed by atoms with E-state index in [1.54, 1.807) is 0 Å². The fourth-order valence-electron chi connectivity index (χ4n) is 5.77. The number of amides is 1. The molecule has 4 heterocycles. The van der Waals surface area contributed by atoms with E-state index in [9.17, 15) is 4.79 Å². The van der Waals surface area contributed by atoms with Crippen molar-refractivity contribution in [3.63, 3.8) is 0 Å². The van der Waals surface area contributed by atoms with Crippen molar-refractivity contribution in [1.82, 2.24) is 19.6 Å². The van der Waals surface area contributed by atoms with Crippen molar-refractivity contribution in [1.29, 1.82) is 0 Å². The zero-order chi connectivity index (χ0) is 23.3. The van der Waals surface area contributed by atoms with Gasteiger partial charge in [0.2, 0.25) is 0 Å². The summed E-state index contributed by atoms with van der Waals surface area (Å²) in [6.45, 7) is 9.56. The van der Waals surface area contributed by atoms with Gasteiger partial charge in [-0.25, -0.2) is 4.79 Å². The van der Waals surface area contributed by atoms with E-state index in [0.717, 1.165) is 62.3 Å². The molecule has 1 amide bonds. The van der Waals surface area contributed by atoms with Crippen LogP contribution in [0.25, 0.3) is 11.3 Å². The number of nitrogens with zero attached hydrogens (tertiary/aromatic N) is 4. The fourth-order valence-corrected chi connectivity index (χ4v) is 5.77. The summed E-state index contributed by atoms with van der Waals surface area (Å²) in [4.78, 5) is 17.0. The number of likely N-dealkylation sites (tertiary alicyclic amines) is 2. The van der Waals surface area contributed by atoms with Crippen molar-refractivity contribution < 1.29 is 14.3 Å². The van der Waals surface area contributed by atoms with Gasteiger partial charge >= 0.3 is 6.09 Å². The minimum Gasteiger partial charge on any atom is -0.482 e. The molecule has 4 aliphatic rings. The molecule has 0 atom stereocenters. The highest BCUT2D eigenvalue weighted by Gasteiger charge is 2.46. The summed E-state index contributed by atoms with van der Waals surface area (Å²) in [6, 6.07) is 6.85. The molecule has 7 heteroatoms. The van der Waals surface area contributed by atoms with Crippen LogP contribution in [0.5, 0.6) is 5.75 Å². The number of benzene rings is 1. The summed E-state index contributed by atoms with van der Waals surface area (Å²) >= 11 is 0. The average Bonchev–Trinajstić information content (AvgIpc) is 3.58. The Labute approximate surface area is 202 Å². The lowest BCUT2D eigenvalue weighted by molar-refractivity contribution is -0.00610. The molecule has 7 nitrogen and oxygen atoms in total. The number of ether oxygens (including phenoxy) is 2. The van der Waals surface area contributed by atoms with Gasteiger partial charge in [-0.1, -0.05) is 13.0 Å². The van der Waals surface area contributed by atoms with Crippen molar-refractivity contribution in [3.05, 3.63) is 35.5 Å². The summed E-state index contributed by atoms with van der Waals surface area (Å²) in [5, 5.41) is 5.17. The molecule has 1 saturated carbocycles. The van der Waals surface area contributed by atoms with E-state index in [1.807, 2.05) is 4.90 Å². The number of aryl methyl sites for hydroxylation is 1. The summed E-state index contributed by atoms with van der Waals surface area (Å²) in [7, 11) is 0. The van der Waals surface area contributed by atoms with Gasteiger partial charge in [-0.05, 0) is 62.8 Å². The van der Waals surface area contributed by atoms with Gasteiger partial charge in [0.25, 0.3) is 0 Å². The van der Waals surface area contributed by atoms with Gasteiger partial charge in [0.15, 0.2) is 0 Å². The highest BCUT2D eigenvalue weighted by molar-refractivity contribution is 5.74. The Bertz CT molecular complexity index is 1060. The average molecular weight is 465 g/mol. The van der Waals surface area contributed by atoms with E-state index in [1.165, 1.54) is 24.0 Å². The molecule has 0 bridgehead atoms. The largest absolute Gasteiger partial charge is 0.482 e. The van der Waals surface area contributed by atoms with E-state index in [2.05, 4.69) is 47.8 Å². The van der Waals surface area contributed by atoms with Crippen LogP contribution in [0.2, 0.25) is 0 Å². The molecule has 1 aliphatic carbocycles. The van der Waals surface area contributed by atoms with Gasteiger partial charge in [-0.3, -0.25) is 4.68 Å². The zero-order valence-electron chi connectivity index (χ0n) is 20.5. The summed E-state index contributed by atoms with van der Waals surface area (Å²) in [5.74, 6) is 1.50. The Morgan fingerprint density at radius 1 is 1.15 bits per heavy atom. The molecule has 34 heavy (non-hydrogen) atoms. The maximum Gasteiger partial charge on any atom is 0.409 e. The number of fused-ring (bicyclic) bond motifs is 4. The van der Waals surface area contributed by atoms with Crippen LogP contribution < -0.4 is 4.74 Å². The third kappa shape index (κ3) is 3.98. The van der Waals surface area contributed by atoms with Crippen LogP contribution in [0.4, 0.5) is 4.79 Å². The Balaban J connectivity index is 1.27. The minimum atomic E-state index is -0.439. The zero-order valence-corrected chi connectivity index (χ0v) is 20.5. The first-order valence-electron chi connectivity index (χ1n) is 13.1. The maximum atomic E-state index is 12.6. The molecule has 1 aromatic carbocycles. The van der Waals surface area contributed by atoms with Crippen molar-refractivity contribution in [2.75, 3.05) is 39.3 Å². The van der Waals surface area contributed by atoms with E-state index in [-0.39, 0.29) is 6.09 Å². The molecular formula is C27H36N4O3. The Morgan fingerprint density at radius 3 is 2.62 bits per heavy atom. The predicted molar refractivity (Wildman–Crippen MR) is 130 cm³/mol. The second-order valence-electron chi connectivity index (χ2n) is 10.6. The number of carbonyl (C=O) groups is 1. The second kappa shape index (κ2) is 8.59. The van der Waals surface area contributed by atoms with Crippen molar-refractivity contribution in [3.8, 4) is 17.0 Å². The number of rotatable bonds is 4. The number of aromatic nitrogens is 2. The standard InChI is InChI=1S/C27H36N4O3/c1-3-29-12-8-21(9-13-29)31-17-23-25(28-31)22-7-4-19(2)16-24(22)34-27(23)10-14-30(15-11-27)26(32)33-18-20-5-6-20/h4,7,16-17,20-21H,3,5-6,8-15,18H2,1-2H3. The molecule has 0 unspecified atom stereocenters. The summed E-state index contributed by atoms with van der Waals surface area (Å²) in [5.41, 5.74) is 4.08. The predicted octanol–water partition coefficient (Wildman–Crippen LogP) is 4.75. The molecule has 3 aliphatic heterocycles. The highest BCUT2D eigenvalue weighted by atomic mass is 16.6. The Kier molecular flexibility index (Phi) is 5.55. The quantitative estimate of drug-likeness (QED) is 0.654. The van der Waals surface area contributed by atoms with E-state index >= 15 is 0 Å². The molecular weight excluding hydrogens is 428 g/mol. The molecule has 0 N–H and O–H groups in total. The van der Waals surface area contributed by atoms with Gasteiger partial charge in [-0.15, -0.1) is 0 Å². The molecule has 1 aromatic heterocycles. The van der Waals surface area contributed by atoms with Gasteiger partial charge in [-0.2, -0.15) is 5.10 Å². The molecule has 2 aromatic rings. The first kappa shape index (κ1) is 22.0. The maximum absolute atomic E-state index is 12.6. The van der Waals surface area contributed by atoms with E-state index in [4.69, 9.17) is 14.6 Å². The number of hydrogen-bond acceptors (Lipinski definition) is 5. The lowest BCUT2D eigenvalue weighted by Gasteiger charge is -2.43. The van der Waals surface area contributed by atoms with Crippen molar-refractivity contribution >= 4 is 6.09 Å². The van der Waals surface area contributed by atoms with Crippen LogP contribution in [-0.4, -0.2) is 65.0 Å². The molecule has 1 spiro atoms. The Hall–Kier alpha value is -2.54. The summed E-state index contributed by atoms with van der Waals surface area (Å²) in [6.07, 6.45) is 8.23. The monoisotopic (exact) mass is 464 g/mol. The lowest BCUT2D eigenvalue weighted by Crippen LogP contribution is -2.49. The van der Waals surface area contributed by atoms with Crippen LogP contribution in [-0.2, 0) is 10.3 Å². The van der Waals surface area contributed by atoms with Gasteiger partial charge in [0.1, 0.15) is 17.0 Å². The number of piperidine rings is 2. The van der Waals surface area contributed by atoms with Gasteiger partial charge in [0, 0.05) is 56.3 Å². The number of hydrogen-bond donors (Lipinski definition) is 0. The van der Waals surface area contributed by atoms with Gasteiger partial charge in [0.05, 0.1) is 12.6 Å². The molecule has 6 rings (SSSR count). The molecule has 182 valence electrons. The van der Waals surface area contributed by atoms with Crippen LogP contribution in [0.15, 0.2) is 24.4 Å². The smallest absolute Gasteiger partial charge is 0.409 e. The topological polar surface area (TPSA) is 59.8 Å². The molecule has 0 radical (unpaired) electrons. The van der Waals surface area contributed by atoms with E-state index in [0.29, 0.717) is 31.7 Å². The van der Waals surface area contributed by atoms with Crippen LogP contribution >= 0.6 is 0 Å². The summed E-state index contributed by atoms with van der Waals surface area (Å²) < 4.78 is 14.6. The second-order valence-corrected chi connectivity index (χ2v) is 10.6. The van der Waals surface area contributed by atoms with Gasteiger partial charge < -0.3 is 19.3 Å². The van der Waals surface area contributed by atoms with Crippen LogP contribution in [0.1, 0.15) is 62.6 Å². The normalized spacial score (nSPS) is 22.2. The van der Waals surface area contributed by atoms with E-state index < -0.39 is 5.60 Å². The Morgan fingerprint density at radius 2 is 1.91 bits per heavy atom. The lowest BCUT2D eigenvalue weighted by atomic mass is 9.81. The van der Waals surface area contributed by atoms with Crippen molar-refractivity contribution in [2.24, 2.45) is 5.92 Å². The first-order valence-corrected chi connectivity index (χ1v) is 13.1. The minimum absolute atomic E-state index is 0.174. The SMILES string of the molecule is CCN1CCC(n2cc3c(n2)-c2ccc(C)cc2OC32CCN(C(=O)OCC3CC3)CC2)CC1. The fraction of sp³-hybridized carbons (Fsp3) is 0.630. The van der Waals surface area contributed by atoms with Crippen molar-refractivity contribution in [2.45, 2.75) is 64.0 Å². The highest BCUT2D eigenvalue weighted by Crippen LogP contribution is 2.50. The van der Waals surface area contributed by atoms with Crippen LogP contribution in [0.3, 0.4) is 0 Å². The third-order valence-electron chi connectivity index (χ3n) is 8.27.